The zero-order valence-corrected chi connectivity index (χ0v) is 11.0. The van der Waals surface area contributed by atoms with Crippen LogP contribution >= 0.6 is 0 Å². The summed E-state index contributed by atoms with van der Waals surface area (Å²) in [5, 5.41) is 0. The van der Waals surface area contributed by atoms with E-state index in [1.807, 2.05) is 61.5 Å². The van der Waals surface area contributed by atoms with Gasteiger partial charge in [-0.25, -0.2) is 0 Å². The molecule has 3 heteroatoms. The molecular formula is C16H18N2O. The Labute approximate surface area is 113 Å². The Kier molecular flexibility index (Phi) is 4.31. The maximum absolute atomic E-state index is 12.0. The Hall–Kier alpha value is -2.13. The molecule has 0 aliphatic carbocycles. The molecule has 98 valence electrons. The van der Waals surface area contributed by atoms with Crippen LogP contribution in [0.5, 0.6) is 0 Å². The van der Waals surface area contributed by atoms with Crippen LogP contribution in [0.2, 0.25) is 0 Å². The summed E-state index contributed by atoms with van der Waals surface area (Å²) in [4.78, 5) is 13.8. The van der Waals surface area contributed by atoms with Crippen molar-refractivity contribution in [2.24, 2.45) is 5.73 Å². The first kappa shape index (κ1) is 13.3. The summed E-state index contributed by atoms with van der Waals surface area (Å²) < 4.78 is 0. The first-order valence-corrected chi connectivity index (χ1v) is 6.31. The van der Waals surface area contributed by atoms with Gasteiger partial charge in [-0.1, -0.05) is 42.5 Å². The molecule has 0 aromatic heterocycles. The van der Waals surface area contributed by atoms with Crippen LogP contribution in [0.3, 0.4) is 0 Å². The maximum atomic E-state index is 12.0. The van der Waals surface area contributed by atoms with Crippen molar-refractivity contribution in [1.29, 1.82) is 0 Å². The van der Waals surface area contributed by atoms with Gasteiger partial charge in [0.05, 0.1) is 13.1 Å². The second kappa shape index (κ2) is 6.16. The van der Waals surface area contributed by atoms with Gasteiger partial charge in [-0.3, -0.25) is 4.79 Å². The van der Waals surface area contributed by atoms with Crippen molar-refractivity contribution >= 4 is 11.6 Å². The summed E-state index contributed by atoms with van der Waals surface area (Å²) in [6, 6.07) is 17.8. The highest BCUT2D eigenvalue weighted by molar-refractivity contribution is 5.94. The molecule has 1 amide bonds. The largest absolute Gasteiger partial charge is 0.322 e. The van der Waals surface area contributed by atoms with Gasteiger partial charge in [0.15, 0.2) is 0 Å². The number of nitrogens with zero attached hydrogens (tertiary/aromatic N) is 1. The van der Waals surface area contributed by atoms with Crippen molar-refractivity contribution in [3.63, 3.8) is 0 Å². The Morgan fingerprint density at radius 2 is 1.84 bits per heavy atom. The third-order valence-electron chi connectivity index (χ3n) is 2.97. The maximum Gasteiger partial charge on any atom is 0.241 e. The first-order valence-electron chi connectivity index (χ1n) is 6.31. The van der Waals surface area contributed by atoms with Crippen LogP contribution < -0.4 is 10.6 Å². The van der Waals surface area contributed by atoms with Gasteiger partial charge in [-0.2, -0.15) is 0 Å². The monoisotopic (exact) mass is 254 g/mol. The van der Waals surface area contributed by atoms with E-state index in [1.165, 1.54) is 0 Å². The van der Waals surface area contributed by atoms with Crippen molar-refractivity contribution in [3.05, 3.63) is 65.7 Å². The fraction of sp³-hybridized carbons (Fsp3) is 0.188. The van der Waals surface area contributed by atoms with Crippen LogP contribution in [0.25, 0.3) is 0 Å². The lowest BCUT2D eigenvalue weighted by molar-refractivity contribution is -0.117. The molecule has 0 bridgehead atoms. The molecule has 0 fully saturated rings. The van der Waals surface area contributed by atoms with E-state index in [-0.39, 0.29) is 12.5 Å². The average molecular weight is 254 g/mol. The van der Waals surface area contributed by atoms with Gasteiger partial charge in [0.2, 0.25) is 5.91 Å². The van der Waals surface area contributed by atoms with Crippen molar-refractivity contribution in [2.75, 3.05) is 11.4 Å². The van der Waals surface area contributed by atoms with Crippen molar-refractivity contribution in [3.8, 4) is 0 Å². The summed E-state index contributed by atoms with van der Waals surface area (Å²) in [6.07, 6.45) is 0. The number of carbonyl (C=O) groups excluding carboxylic acids is 1. The van der Waals surface area contributed by atoms with Gasteiger partial charge in [0.1, 0.15) is 0 Å². The van der Waals surface area contributed by atoms with E-state index in [4.69, 9.17) is 5.73 Å². The molecule has 0 aliphatic heterocycles. The third kappa shape index (κ3) is 3.42. The minimum absolute atomic E-state index is 0.0147. The number of hydrogen-bond acceptors (Lipinski definition) is 2. The molecule has 3 nitrogen and oxygen atoms in total. The van der Waals surface area contributed by atoms with Gasteiger partial charge in [-0.05, 0) is 30.2 Å². The van der Waals surface area contributed by atoms with Gasteiger partial charge < -0.3 is 10.6 Å². The van der Waals surface area contributed by atoms with Crippen LogP contribution in [0.1, 0.15) is 11.1 Å². The predicted molar refractivity (Wildman–Crippen MR) is 77.9 cm³/mol. The molecular weight excluding hydrogens is 236 g/mol. The van der Waals surface area contributed by atoms with Crippen LogP contribution in [-0.2, 0) is 11.3 Å². The van der Waals surface area contributed by atoms with Crippen LogP contribution in [-0.4, -0.2) is 12.5 Å². The van der Waals surface area contributed by atoms with Gasteiger partial charge in [0, 0.05) is 5.69 Å². The van der Waals surface area contributed by atoms with Crippen LogP contribution in [0, 0.1) is 6.92 Å². The minimum atomic E-state index is -0.0746. The molecule has 0 radical (unpaired) electrons. The highest BCUT2D eigenvalue weighted by Gasteiger charge is 2.14. The molecule has 2 aromatic rings. The van der Waals surface area contributed by atoms with E-state index in [1.54, 1.807) is 4.90 Å². The topological polar surface area (TPSA) is 46.3 Å². The molecule has 0 unspecified atom stereocenters. The van der Waals surface area contributed by atoms with Crippen LogP contribution in [0.4, 0.5) is 5.69 Å². The smallest absolute Gasteiger partial charge is 0.241 e. The SMILES string of the molecule is Cc1cccc(N(Cc2ccccc2)C(=O)CN)c1. The van der Waals surface area contributed by atoms with Crippen LogP contribution in [0.15, 0.2) is 54.6 Å². The predicted octanol–water partition coefficient (Wildman–Crippen LogP) is 2.49. The summed E-state index contributed by atoms with van der Waals surface area (Å²) in [5.74, 6) is -0.0746. The minimum Gasteiger partial charge on any atom is -0.322 e. The standard InChI is InChI=1S/C16H18N2O/c1-13-6-5-9-15(10-13)18(16(19)11-17)12-14-7-3-2-4-8-14/h2-10H,11-12,17H2,1H3. The molecule has 0 saturated heterocycles. The van der Waals surface area contributed by atoms with E-state index >= 15 is 0 Å². The molecule has 0 spiro atoms. The number of anilines is 1. The van der Waals surface area contributed by atoms with Crippen molar-refractivity contribution in [2.45, 2.75) is 13.5 Å². The number of carbonyl (C=O) groups is 1. The van der Waals surface area contributed by atoms with Gasteiger partial charge in [-0.15, -0.1) is 0 Å². The Morgan fingerprint density at radius 3 is 2.47 bits per heavy atom. The molecule has 19 heavy (non-hydrogen) atoms. The molecule has 2 rings (SSSR count). The molecule has 2 N–H and O–H groups in total. The van der Waals surface area contributed by atoms with Crippen molar-refractivity contribution in [1.82, 2.24) is 0 Å². The summed E-state index contributed by atoms with van der Waals surface area (Å²) in [6.45, 7) is 2.57. The first-order chi connectivity index (χ1) is 9.20. The fourth-order valence-corrected chi connectivity index (χ4v) is 2.00. The lowest BCUT2D eigenvalue weighted by Gasteiger charge is -2.22. The summed E-state index contributed by atoms with van der Waals surface area (Å²) >= 11 is 0. The average Bonchev–Trinajstić information content (AvgIpc) is 2.45. The second-order valence-corrected chi connectivity index (χ2v) is 4.51. The number of benzene rings is 2. The zero-order chi connectivity index (χ0) is 13.7. The summed E-state index contributed by atoms with van der Waals surface area (Å²) in [5.41, 5.74) is 8.61. The van der Waals surface area contributed by atoms with Gasteiger partial charge >= 0.3 is 0 Å². The number of rotatable bonds is 4. The van der Waals surface area contributed by atoms with E-state index in [9.17, 15) is 4.79 Å². The molecule has 0 aliphatic rings. The van der Waals surface area contributed by atoms with E-state index in [0.717, 1.165) is 16.8 Å². The fourth-order valence-electron chi connectivity index (χ4n) is 2.00. The highest BCUT2D eigenvalue weighted by Crippen LogP contribution is 2.18. The zero-order valence-electron chi connectivity index (χ0n) is 11.0. The number of amides is 1. The van der Waals surface area contributed by atoms with E-state index in [0.29, 0.717) is 6.54 Å². The quantitative estimate of drug-likeness (QED) is 0.911. The Bertz CT molecular complexity index is 552. The highest BCUT2D eigenvalue weighted by atomic mass is 16.2. The second-order valence-electron chi connectivity index (χ2n) is 4.51. The molecule has 0 saturated carbocycles. The number of nitrogens with two attached hydrogens (primary N) is 1. The summed E-state index contributed by atoms with van der Waals surface area (Å²) in [7, 11) is 0. The normalized spacial score (nSPS) is 10.2. The molecule has 0 heterocycles. The Morgan fingerprint density at radius 1 is 1.11 bits per heavy atom. The molecule has 0 atom stereocenters. The lowest BCUT2D eigenvalue weighted by atomic mass is 10.1. The molecule has 2 aromatic carbocycles. The van der Waals surface area contributed by atoms with Crippen molar-refractivity contribution < 1.29 is 4.79 Å². The Balaban J connectivity index is 2.29. The van der Waals surface area contributed by atoms with E-state index < -0.39 is 0 Å². The van der Waals surface area contributed by atoms with Gasteiger partial charge in [0.25, 0.3) is 0 Å². The lowest BCUT2D eigenvalue weighted by Crippen LogP contribution is -2.35. The van der Waals surface area contributed by atoms with E-state index in [2.05, 4.69) is 0 Å². The third-order valence-corrected chi connectivity index (χ3v) is 2.97. The number of aryl methyl sites for hydroxylation is 1. The number of hydrogen-bond donors (Lipinski definition) is 1.